The Morgan fingerprint density at radius 2 is 2.06 bits per heavy atom. The van der Waals surface area contributed by atoms with Crippen molar-refractivity contribution in [2.24, 2.45) is 0 Å². The lowest BCUT2D eigenvalue weighted by Crippen LogP contribution is -2.56. The number of hydrogen-bond donors (Lipinski definition) is 1. The summed E-state index contributed by atoms with van der Waals surface area (Å²) in [6.07, 6.45) is 3.54. The fourth-order valence-electron chi connectivity index (χ4n) is 5.17. The Bertz CT molecular complexity index is 1430. The van der Waals surface area contributed by atoms with Gasteiger partial charge < -0.3 is 14.6 Å². The second kappa shape index (κ2) is 9.01. The minimum absolute atomic E-state index is 0.0931. The van der Waals surface area contributed by atoms with E-state index in [1.807, 2.05) is 10.7 Å². The molecule has 1 amide bonds. The van der Waals surface area contributed by atoms with Gasteiger partial charge in [-0.2, -0.15) is 5.10 Å². The van der Waals surface area contributed by atoms with Gasteiger partial charge in [0.25, 0.3) is 0 Å². The maximum absolute atomic E-state index is 12.5. The minimum atomic E-state index is -0.200. The second-order valence-corrected chi connectivity index (χ2v) is 11.1. The topological polar surface area (TPSA) is 78.8 Å². The van der Waals surface area contributed by atoms with Crippen LogP contribution >= 0.6 is 0 Å². The number of likely N-dealkylation sites (N-methyl/N-ethyl adjacent to an activating group) is 1. The molecule has 0 spiro atoms. The van der Waals surface area contributed by atoms with Crippen molar-refractivity contribution in [1.29, 1.82) is 0 Å². The summed E-state index contributed by atoms with van der Waals surface area (Å²) in [5.41, 5.74) is 7.48. The van der Waals surface area contributed by atoms with Crippen molar-refractivity contribution >= 4 is 22.5 Å². The van der Waals surface area contributed by atoms with Crippen LogP contribution < -0.4 is 0 Å². The normalized spacial score (nSPS) is 18.4. The van der Waals surface area contributed by atoms with Crippen molar-refractivity contribution in [3.8, 4) is 11.3 Å². The number of H-pyrrole nitrogens is 1. The molecular weight excluding hydrogens is 452 g/mol. The van der Waals surface area contributed by atoms with E-state index in [9.17, 15) is 4.79 Å². The van der Waals surface area contributed by atoms with Crippen LogP contribution in [0.15, 0.2) is 36.8 Å². The first-order valence-corrected chi connectivity index (χ1v) is 12.6. The number of nitrogens with one attached hydrogen (secondary N) is 1. The molecule has 4 heterocycles. The molecule has 0 radical (unpaired) electrons. The van der Waals surface area contributed by atoms with Gasteiger partial charge in [0.15, 0.2) is 5.65 Å². The number of aromatic nitrogens is 4. The van der Waals surface area contributed by atoms with Crippen molar-refractivity contribution < 1.29 is 9.53 Å². The van der Waals surface area contributed by atoms with Crippen LogP contribution in [0.3, 0.4) is 0 Å². The van der Waals surface area contributed by atoms with Gasteiger partial charge in [-0.15, -0.1) is 0 Å². The molecule has 1 aromatic carbocycles. The maximum Gasteiger partial charge on any atom is 0.236 e. The van der Waals surface area contributed by atoms with Crippen molar-refractivity contribution in [2.45, 2.75) is 52.2 Å². The number of morpholine rings is 1. The number of benzene rings is 1. The molecule has 8 nitrogen and oxygen atoms in total. The largest absolute Gasteiger partial charge is 0.370 e. The molecule has 4 aromatic rings. The summed E-state index contributed by atoms with van der Waals surface area (Å²) < 4.78 is 8.19. The Morgan fingerprint density at radius 3 is 2.78 bits per heavy atom. The van der Waals surface area contributed by atoms with E-state index in [1.165, 1.54) is 10.9 Å². The van der Waals surface area contributed by atoms with Crippen LogP contribution in [0.25, 0.3) is 27.8 Å². The van der Waals surface area contributed by atoms with Gasteiger partial charge >= 0.3 is 0 Å². The first-order valence-electron chi connectivity index (χ1n) is 12.6. The zero-order chi connectivity index (χ0) is 25.8. The quantitative estimate of drug-likeness (QED) is 0.446. The second-order valence-electron chi connectivity index (χ2n) is 11.1. The van der Waals surface area contributed by atoms with E-state index in [-0.39, 0.29) is 17.6 Å². The number of nitrogens with zero attached hydrogens (tertiary/aromatic N) is 5. The molecule has 0 saturated carbocycles. The number of aryl methyl sites for hydroxylation is 1. The maximum atomic E-state index is 12.5. The lowest BCUT2D eigenvalue weighted by Gasteiger charge is -2.45. The number of ether oxygens (including phenoxy) is 1. The molecule has 0 bridgehead atoms. The molecule has 1 saturated heterocycles. The third-order valence-corrected chi connectivity index (χ3v) is 7.36. The predicted octanol–water partition coefficient (Wildman–Crippen LogP) is 4.55. The Balaban J connectivity index is 1.53. The number of aromatic amines is 1. The summed E-state index contributed by atoms with van der Waals surface area (Å²) in [4.78, 5) is 24.4. The first kappa shape index (κ1) is 24.5. The molecule has 36 heavy (non-hydrogen) atoms. The van der Waals surface area contributed by atoms with Gasteiger partial charge in [-0.1, -0.05) is 19.9 Å². The van der Waals surface area contributed by atoms with Crippen molar-refractivity contribution in [3.05, 3.63) is 53.5 Å². The van der Waals surface area contributed by atoms with E-state index < -0.39 is 0 Å². The number of amides is 1. The van der Waals surface area contributed by atoms with E-state index in [2.05, 4.69) is 78.9 Å². The number of fused-ring (bicyclic) bond motifs is 2. The van der Waals surface area contributed by atoms with E-state index in [0.29, 0.717) is 25.6 Å². The number of rotatable bonds is 5. The van der Waals surface area contributed by atoms with Gasteiger partial charge in [-0.05, 0) is 61.6 Å². The minimum Gasteiger partial charge on any atom is -0.370 e. The van der Waals surface area contributed by atoms with Crippen LogP contribution in [0.5, 0.6) is 0 Å². The van der Waals surface area contributed by atoms with Crippen molar-refractivity contribution in [3.63, 3.8) is 0 Å². The highest BCUT2D eigenvalue weighted by molar-refractivity contribution is 5.92. The molecule has 1 N–H and O–H groups in total. The number of carbonyl (C=O) groups excluding carboxylic acids is 1. The third kappa shape index (κ3) is 4.29. The highest BCUT2D eigenvalue weighted by Gasteiger charge is 2.37. The van der Waals surface area contributed by atoms with Gasteiger partial charge in [0.1, 0.15) is 6.33 Å². The monoisotopic (exact) mass is 488 g/mol. The van der Waals surface area contributed by atoms with Gasteiger partial charge in [0.05, 0.1) is 24.9 Å². The molecular formula is C28H36N6O2. The summed E-state index contributed by atoms with van der Waals surface area (Å²) in [5, 5.41) is 5.57. The standard InChI is InChI=1S/C28H36N6O2/c1-17(2)25-21-11-19(23-13-33(14-24(35)32(6)7)28(4,5)15-36-23)8-9-22(21)31-26(25)20-10-18(3)27-29-16-30-34(27)12-20/h8-12,16-17,23,31H,13-15H2,1-7H3/t23-/m0/s1. The first-order chi connectivity index (χ1) is 17.0. The van der Waals surface area contributed by atoms with Crippen LogP contribution in [-0.2, 0) is 9.53 Å². The zero-order valence-electron chi connectivity index (χ0n) is 22.3. The zero-order valence-corrected chi connectivity index (χ0v) is 22.3. The molecule has 8 heteroatoms. The van der Waals surface area contributed by atoms with Gasteiger partial charge in [-0.25, -0.2) is 9.50 Å². The lowest BCUT2D eigenvalue weighted by molar-refractivity contribution is -0.139. The summed E-state index contributed by atoms with van der Waals surface area (Å²) in [6.45, 7) is 12.4. The summed E-state index contributed by atoms with van der Waals surface area (Å²) in [6, 6.07) is 8.74. The van der Waals surface area contributed by atoms with E-state index in [4.69, 9.17) is 4.74 Å². The van der Waals surface area contributed by atoms with Crippen LogP contribution in [0.2, 0.25) is 0 Å². The summed E-state index contributed by atoms with van der Waals surface area (Å²) in [5.74, 6) is 0.423. The molecule has 0 aliphatic carbocycles. The van der Waals surface area contributed by atoms with Crippen LogP contribution in [-0.4, -0.2) is 74.6 Å². The number of pyridine rings is 1. The average molecular weight is 489 g/mol. The molecule has 5 rings (SSSR count). The van der Waals surface area contributed by atoms with E-state index >= 15 is 0 Å². The van der Waals surface area contributed by atoms with E-state index in [0.717, 1.165) is 33.5 Å². The van der Waals surface area contributed by atoms with Gasteiger partial charge in [-0.3, -0.25) is 9.69 Å². The molecule has 3 aromatic heterocycles. The number of hydrogen-bond acceptors (Lipinski definition) is 5. The van der Waals surface area contributed by atoms with E-state index in [1.54, 1.807) is 25.3 Å². The average Bonchev–Trinajstić information content (AvgIpc) is 3.44. The Labute approximate surface area is 212 Å². The smallest absolute Gasteiger partial charge is 0.236 e. The molecule has 1 fully saturated rings. The molecule has 190 valence electrons. The predicted molar refractivity (Wildman–Crippen MR) is 142 cm³/mol. The Kier molecular flexibility index (Phi) is 6.12. The van der Waals surface area contributed by atoms with Crippen molar-refractivity contribution in [2.75, 3.05) is 33.8 Å². The highest BCUT2D eigenvalue weighted by atomic mass is 16.5. The molecule has 1 aliphatic rings. The van der Waals surface area contributed by atoms with Crippen LogP contribution in [0.1, 0.15) is 56.4 Å². The van der Waals surface area contributed by atoms with Gasteiger partial charge in [0, 0.05) is 48.8 Å². The molecule has 1 aliphatic heterocycles. The fourth-order valence-corrected chi connectivity index (χ4v) is 5.17. The van der Waals surface area contributed by atoms with Crippen LogP contribution in [0, 0.1) is 6.92 Å². The summed E-state index contributed by atoms with van der Waals surface area (Å²) >= 11 is 0. The Hall–Kier alpha value is -3.23. The third-order valence-electron chi connectivity index (χ3n) is 7.36. The molecule has 1 atom stereocenters. The molecule has 0 unspecified atom stereocenters. The Morgan fingerprint density at radius 1 is 1.28 bits per heavy atom. The van der Waals surface area contributed by atoms with Crippen molar-refractivity contribution in [1.82, 2.24) is 29.4 Å². The highest BCUT2D eigenvalue weighted by Crippen LogP contribution is 2.38. The number of carbonyl (C=O) groups is 1. The summed E-state index contributed by atoms with van der Waals surface area (Å²) in [7, 11) is 3.61. The van der Waals surface area contributed by atoms with Gasteiger partial charge in [0.2, 0.25) is 5.91 Å². The fraction of sp³-hybridized carbons (Fsp3) is 0.464. The van der Waals surface area contributed by atoms with Crippen LogP contribution in [0.4, 0.5) is 0 Å². The lowest BCUT2D eigenvalue weighted by atomic mass is 9.93. The SMILES string of the molecule is Cc1cc(-c2[nH]c3ccc([C@@H]4CN(CC(=O)N(C)C)C(C)(C)CO4)cc3c2C(C)C)cn2ncnc12.